The van der Waals surface area contributed by atoms with Crippen molar-refractivity contribution in [2.75, 3.05) is 5.32 Å². The maximum absolute atomic E-state index is 4.27. The van der Waals surface area contributed by atoms with Crippen LogP contribution in [0, 0.1) is 0 Å². The zero-order chi connectivity index (χ0) is 8.67. The fourth-order valence-electron chi connectivity index (χ4n) is 1.70. The van der Waals surface area contributed by atoms with E-state index in [0.29, 0.717) is 0 Å². The zero-order valence-electron chi connectivity index (χ0n) is 7.07. The van der Waals surface area contributed by atoms with Gasteiger partial charge in [-0.25, -0.2) is 4.98 Å². The average molecular weight is 171 g/mol. The Hall–Kier alpha value is -1.77. The molecule has 0 bridgehead atoms. The first-order chi connectivity index (χ1) is 6.45. The summed E-state index contributed by atoms with van der Waals surface area (Å²) in [5.74, 6) is 0.964. The first kappa shape index (κ1) is 6.71. The summed E-state index contributed by atoms with van der Waals surface area (Å²) in [7, 11) is 0. The summed E-state index contributed by atoms with van der Waals surface area (Å²) in [5.41, 5.74) is 2.41. The first-order valence-corrected chi connectivity index (χ1v) is 4.31. The van der Waals surface area contributed by atoms with Crippen LogP contribution in [-0.2, 0) is 6.54 Å². The van der Waals surface area contributed by atoms with Crippen LogP contribution in [0.3, 0.4) is 0 Å². The average Bonchev–Trinajstić information content (AvgIpc) is 2.65. The SMILES string of the molecule is c1cnc2c(c1)-n1cccc1CN2. The Morgan fingerprint density at radius 2 is 2.31 bits per heavy atom. The van der Waals surface area contributed by atoms with Crippen molar-refractivity contribution in [2.45, 2.75) is 6.54 Å². The lowest BCUT2D eigenvalue weighted by Crippen LogP contribution is -2.14. The Morgan fingerprint density at radius 1 is 1.31 bits per heavy atom. The monoisotopic (exact) mass is 171 g/mol. The minimum absolute atomic E-state index is 0.858. The highest BCUT2D eigenvalue weighted by atomic mass is 15.1. The van der Waals surface area contributed by atoms with Gasteiger partial charge in [0.15, 0.2) is 5.82 Å². The van der Waals surface area contributed by atoms with Crippen molar-refractivity contribution in [3.8, 4) is 5.69 Å². The fourth-order valence-corrected chi connectivity index (χ4v) is 1.70. The van der Waals surface area contributed by atoms with Gasteiger partial charge in [-0.1, -0.05) is 0 Å². The summed E-state index contributed by atoms with van der Waals surface area (Å²) in [6.07, 6.45) is 3.87. The molecule has 0 saturated carbocycles. The predicted molar refractivity (Wildman–Crippen MR) is 50.9 cm³/mol. The third kappa shape index (κ3) is 0.869. The van der Waals surface area contributed by atoms with Crippen LogP contribution in [0.1, 0.15) is 5.69 Å². The first-order valence-electron chi connectivity index (χ1n) is 4.31. The third-order valence-electron chi connectivity index (χ3n) is 2.32. The van der Waals surface area contributed by atoms with Gasteiger partial charge in [-0.05, 0) is 24.3 Å². The number of pyridine rings is 1. The number of hydrogen-bond acceptors (Lipinski definition) is 2. The second-order valence-corrected chi connectivity index (χ2v) is 3.09. The maximum Gasteiger partial charge on any atom is 0.150 e. The van der Waals surface area contributed by atoms with E-state index in [-0.39, 0.29) is 0 Å². The molecule has 1 aliphatic rings. The minimum atomic E-state index is 0.858. The Balaban J connectivity index is 2.30. The molecular formula is C10H9N3. The summed E-state index contributed by atoms with van der Waals surface area (Å²) < 4.78 is 2.17. The van der Waals surface area contributed by atoms with Crippen LogP contribution < -0.4 is 5.32 Å². The standard InChI is InChI=1S/C10H9N3/c1-4-9-10(11-5-1)12-7-8-3-2-6-13(8)9/h1-6H,7H2,(H,11,12). The number of nitrogens with one attached hydrogen (secondary N) is 1. The molecule has 3 heterocycles. The molecule has 0 unspecified atom stereocenters. The quantitative estimate of drug-likeness (QED) is 0.655. The number of hydrogen-bond donors (Lipinski definition) is 1. The van der Waals surface area contributed by atoms with Crippen molar-refractivity contribution in [3.05, 3.63) is 42.4 Å². The van der Waals surface area contributed by atoms with E-state index < -0.39 is 0 Å². The van der Waals surface area contributed by atoms with Gasteiger partial charge in [0.05, 0.1) is 12.2 Å². The lowest BCUT2D eigenvalue weighted by atomic mass is 10.3. The molecule has 3 rings (SSSR count). The number of rotatable bonds is 0. The van der Waals surface area contributed by atoms with Crippen LogP contribution in [0.25, 0.3) is 5.69 Å². The topological polar surface area (TPSA) is 29.9 Å². The Bertz CT molecular complexity index is 445. The molecule has 0 saturated heterocycles. The second kappa shape index (κ2) is 2.36. The highest BCUT2D eigenvalue weighted by Crippen LogP contribution is 2.24. The highest BCUT2D eigenvalue weighted by Gasteiger charge is 2.13. The molecule has 0 amide bonds. The van der Waals surface area contributed by atoms with Gasteiger partial charge in [-0.15, -0.1) is 0 Å². The normalized spacial score (nSPS) is 12.9. The lowest BCUT2D eigenvalue weighted by molar-refractivity contribution is 0.892. The summed E-state index contributed by atoms with van der Waals surface area (Å²) in [4.78, 5) is 4.27. The van der Waals surface area contributed by atoms with Crippen molar-refractivity contribution in [1.82, 2.24) is 9.55 Å². The highest BCUT2D eigenvalue weighted by molar-refractivity contribution is 5.58. The number of nitrogens with zero attached hydrogens (tertiary/aromatic N) is 2. The van der Waals surface area contributed by atoms with E-state index in [0.717, 1.165) is 18.1 Å². The summed E-state index contributed by atoms with van der Waals surface area (Å²) in [6.45, 7) is 0.858. The molecule has 64 valence electrons. The molecular weight excluding hydrogens is 162 g/mol. The van der Waals surface area contributed by atoms with Crippen LogP contribution in [0.4, 0.5) is 5.82 Å². The van der Waals surface area contributed by atoms with Crippen LogP contribution in [-0.4, -0.2) is 9.55 Å². The molecule has 1 N–H and O–H groups in total. The van der Waals surface area contributed by atoms with E-state index in [1.54, 1.807) is 6.20 Å². The number of fused-ring (bicyclic) bond motifs is 3. The van der Waals surface area contributed by atoms with Gasteiger partial charge >= 0.3 is 0 Å². The van der Waals surface area contributed by atoms with Crippen molar-refractivity contribution in [2.24, 2.45) is 0 Å². The van der Waals surface area contributed by atoms with Gasteiger partial charge in [0.1, 0.15) is 0 Å². The molecule has 0 atom stereocenters. The summed E-state index contributed by atoms with van der Waals surface area (Å²) in [5, 5.41) is 3.27. The molecule has 3 heteroatoms. The van der Waals surface area contributed by atoms with E-state index in [1.165, 1.54) is 5.69 Å². The van der Waals surface area contributed by atoms with Gasteiger partial charge < -0.3 is 9.88 Å². The Kier molecular flexibility index (Phi) is 1.22. The number of anilines is 1. The van der Waals surface area contributed by atoms with E-state index in [2.05, 4.69) is 39.3 Å². The number of aromatic nitrogens is 2. The Labute approximate surface area is 76.0 Å². The van der Waals surface area contributed by atoms with Crippen LogP contribution in [0.15, 0.2) is 36.7 Å². The van der Waals surface area contributed by atoms with Crippen LogP contribution in [0.2, 0.25) is 0 Å². The predicted octanol–water partition coefficient (Wildman–Crippen LogP) is 1.80. The van der Waals surface area contributed by atoms with E-state index in [9.17, 15) is 0 Å². The lowest BCUT2D eigenvalue weighted by Gasteiger charge is -2.19. The molecule has 0 aliphatic carbocycles. The zero-order valence-corrected chi connectivity index (χ0v) is 7.07. The molecule has 2 aromatic rings. The Morgan fingerprint density at radius 3 is 3.31 bits per heavy atom. The molecule has 1 aliphatic heterocycles. The minimum Gasteiger partial charge on any atom is -0.363 e. The van der Waals surface area contributed by atoms with Gasteiger partial charge in [0.2, 0.25) is 0 Å². The smallest absolute Gasteiger partial charge is 0.150 e. The van der Waals surface area contributed by atoms with Gasteiger partial charge in [0.25, 0.3) is 0 Å². The van der Waals surface area contributed by atoms with Gasteiger partial charge in [0, 0.05) is 18.1 Å². The van der Waals surface area contributed by atoms with Crippen molar-refractivity contribution >= 4 is 5.82 Å². The molecule has 0 fully saturated rings. The van der Waals surface area contributed by atoms with E-state index in [1.807, 2.05) is 6.07 Å². The molecule has 2 aromatic heterocycles. The molecule has 13 heavy (non-hydrogen) atoms. The third-order valence-corrected chi connectivity index (χ3v) is 2.32. The van der Waals surface area contributed by atoms with Crippen LogP contribution in [0.5, 0.6) is 0 Å². The van der Waals surface area contributed by atoms with Gasteiger partial charge in [-0.3, -0.25) is 0 Å². The van der Waals surface area contributed by atoms with E-state index >= 15 is 0 Å². The summed E-state index contributed by atoms with van der Waals surface area (Å²) in [6, 6.07) is 8.19. The molecule has 0 spiro atoms. The molecule has 3 nitrogen and oxygen atoms in total. The van der Waals surface area contributed by atoms with Crippen LogP contribution >= 0.6 is 0 Å². The second-order valence-electron chi connectivity index (χ2n) is 3.09. The summed E-state index contributed by atoms with van der Waals surface area (Å²) >= 11 is 0. The van der Waals surface area contributed by atoms with Crippen molar-refractivity contribution < 1.29 is 0 Å². The molecule has 0 aromatic carbocycles. The fraction of sp³-hybridized carbons (Fsp3) is 0.100. The van der Waals surface area contributed by atoms with Crippen molar-refractivity contribution in [3.63, 3.8) is 0 Å². The van der Waals surface area contributed by atoms with Gasteiger partial charge in [-0.2, -0.15) is 0 Å². The molecule has 0 radical (unpaired) electrons. The van der Waals surface area contributed by atoms with Crippen molar-refractivity contribution in [1.29, 1.82) is 0 Å². The largest absolute Gasteiger partial charge is 0.363 e. The van der Waals surface area contributed by atoms with E-state index in [4.69, 9.17) is 0 Å². The maximum atomic E-state index is 4.27.